The van der Waals surface area contributed by atoms with Crippen LogP contribution in [0.15, 0.2) is 0 Å². The highest BCUT2D eigenvalue weighted by atomic mass is 16.5. The Kier molecular flexibility index (Phi) is 4.24. The molecule has 0 amide bonds. The maximum Gasteiger partial charge on any atom is 0.311 e. The van der Waals surface area contributed by atoms with Gasteiger partial charge in [-0.05, 0) is 65.2 Å². The number of carbonyl (C=O) groups excluding carboxylic acids is 1. The monoisotopic (exact) mass is 268 g/mol. The summed E-state index contributed by atoms with van der Waals surface area (Å²) >= 11 is 0. The first-order valence-electron chi connectivity index (χ1n) is 7.75. The van der Waals surface area contributed by atoms with Gasteiger partial charge in [-0.2, -0.15) is 0 Å². The Morgan fingerprint density at radius 2 is 1.63 bits per heavy atom. The van der Waals surface area contributed by atoms with Gasteiger partial charge in [-0.15, -0.1) is 0 Å². The van der Waals surface area contributed by atoms with Gasteiger partial charge in [-0.3, -0.25) is 4.79 Å². The van der Waals surface area contributed by atoms with Crippen molar-refractivity contribution in [2.45, 2.75) is 83.8 Å². The second-order valence-corrected chi connectivity index (χ2v) is 7.44. The molecule has 0 atom stereocenters. The summed E-state index contributed by atoms with van der Waals surface area (Å²) in [5.41, 5.74) is -0.834. The van der Waals surface area contributed by atoms with Crippen LogP contribution in [0.2, 0.25) is 0 Å². The zero-order valence-electron chi connectivity index (χ0n) is 12.6. The van der Waals surface area contributed by atoms with Crippen molar-refractivity contribution in [3.63, 3.8) is 0 Å². The molecule has 0 radical (unpaired) electrons. The lowest BCUT2D eigenvalue weighted by Gasteiger charge is -2.38. The van der Waals surface area contributed by atoms with E-state index in [-0.39, 0.29) is 12.1 Å². The summed E-state index contributed by atoms with van der Waals surface area (Å²) in [6.07, 6.45) is 8.13. The van der Waals surface area contributed by atoms with Crippen LogP contribution in [0.5, 0.6) is 0 Å². The summed E-state index contributed by atoms with van der Waals surface area (Å²) in [6.45, 7) is 5.67. The van der Waals surface area contributed by atoms with Crippen molar-refractivity contribution >= 4 is 5.97 Å². The van der Waals surface area contributed by atoms with Gasteiger partial charge in [-0.25, -0.2) is 0 Å². The van der Waals surface area contributed by atoms with Gasteiger partial charge in [0.25, 0.3) is 0 Å². The number of carbonyl (C=O) groups is 1. The normalized spacial score (nSPS) is 31.2. The van der Waals surface area contributed by atoms with E-state index < -0.39 is 11.0 Å². The summed E-state index contributed by atoms with van der Waals surface area (Å²) in [5.74, 6) is 0.315. The molecule has 19 heavy (non-hydrogen) atoms. The molecule has 2 fully saturated rings. The number of esters is 1. The van der Waals surface area contributed by atoms with Gasteiger partial charge in [0.2, 0.25) is 0 Å². The van der Waals surface area contributed by atoms with E-state index >= 15 is 0 Å². The van der Waals surface area contributed by atoms with E-state index in [1.165, 1.54) is 0 Å². The average Bonchev–Trinajstić information content (AvgIpc) is 2.77. The Hall–Kier alpha value is -0.570. The van der Waals surface area contributed by atoms with Gasteiger partial charge in [0.1, 0.15) is 6.10 Å². The predicted octanol–water partition coefficient (Wildman–Crippen LogP) is 3.44. The second kappa shape index (κ2) is 5.43. The highest BCUT2D eigenvalue weighted by Gasteiger charge is 2.41. The molecule has 0 aliphatic heterocycles. The smallest absolute Gasteiger partial charge is 0.311 e. The molecule has 2 rings (SSSR count). The molecule has 3 nitrogen and oxygen atoms in total. The number of hydrogen-bond donors (Lipinski definition) is 1. The Bertz CT molecular complexity index is 315. The molecule has 3 heteroatoms. The van der Waals surface area contributed by atoms with Gasteiger partial charge in [0.05, 0.1) is 11.0 Å². The largest absolute Gasteiger partial charge is 0.462 e. The molecule has 1 N–H and O–H groups in total. The van der Waals surface area contributed by atoms with Gasteiger partial charge in [0.15, 0.2) is 0 Å². The van der Waals surface area contributed by atoms with Crippen LogP contribution < -0.4 is 0 Å². The van der Waals surface area contributed by atoms with Crippen LogP contribution in [0.1, 0.15) is 72.1 Å². The second-order valence-electron chi connectivity index (χ2n) is 7.44. The number of rotatable bonds is 2. The zero-order chi connectivity index (χ0) is 14.1. The van der Waals surface area contributed by atoms with Gasteiger partial charge in [-0.1, -0.05) is 12.8 Å². The minimum Gasteiger partial charge on any atom is -0.462 e. The summed E-state index contributed by atoms with van der Waals surface area (Å²) in [7, 11) is 0. The molecule has 0 aromatic heterocycles. The Balaban J connectivity index is 1.81. The SMILES string of the molecule is CC(C)(C)C(=O)OC1CCC(C2(O)CCCC2)CC1. The van der Waals surface area contributed by atoms with Crippen molar-refractivity contribution in [1.29, 1.82) is 0 Å². The molecule has 0 aromatic rings. The van der Waals surface area contributed by atoms with Crippen LogP contribution in [0.25, 0.3) is 0 Å². The molecule has 110 valence electrons. The molecule has 2 aliphatic carbocycles. The van der Waals surface area contributed by atoms with Crippen LogP contribution >= 0.6 is 0 Å². The third-order valence-electron chi connectivity index (χ3n) is 4.79. The third-order valence-corrected chi connectivity index (χ3v) is 4.79. The van der Waals surface area contributed by atoms with Crippen molar-refractivity contribution in [3.05, 3.63) is 0 Å². The van der Waals surface area contributed by atoms with Crippen LogP contribution in [-0.2, 0) is 9.53 Å². The maximum atomic E-state index is 11.9. The lowest BCUT2D eigenvalue weighted by Crippen LogP contribution is -2.39. The summed E-state index contributed by atoms with van der Waals surface area (Å²) < 4.78 is 5.58. The number of ether oxygens (including phenoxy) is 1. The summed E-state index contributed by atoms with van der Waals surface area (Å²) in [6, 6.07) is 0. The van der Waals surface area contributed by atoms with Gasteiger partial charge < -0.3 is 9.84 Å². The maximum absolute atomic E-state index is 11.9. The lowest BCUT2D eigenvalue weighted by molar-refractivity contribution is -0.161. The van der Waals surface area contributed by atoms with Crippen LogP contribution in [0.3, 0.4) is 0 Å². The van der Waals surface area contributed by atoms with Crippen molar-refractivity contribution in [3.8, 4) is 0 Å². The number of hydrogen-bond acceptors (Lipinski definition) is 3. The zero-order valence-corrected chi connectivity index (χ0v) is 12.6. The fraction of sp³-hybridized carbons (Fsp3) is 0.938. The molecule has 0 saturated heterocycles. The van der Waals surface area contributed by atoms with Crippen molar-refractivity contribution in [1.82, 2.24) is 0 Å². The minimum absolute atomic E-state index is 0.0629. The Morgan fingerprint density at radius 1 is 1.11 bits per heavy atom. The van der Waals surface area contributed by atoms with Crippen molar-refractivity contribution in [2.75, 3.05) is 0 Å². The van der Waals surface area contributed by atoms with E-state index in [4.69, 9.17) is 4.74 Å². The molecule has 0 spiro atoms. The average molecular weight is 268 g/mol. The highest BCUT2D eigenvalue weighted by molar-refractivity contribution is 5.75. The molecule has 0 bridgehead atoms. The first kappa shape index (κ1) is 14.8. The topological polar surface area (TPSA) is 46.5 Å². The number of aliphatic hydroxyl groups is 1. The molecular weight excluding hydrogens is 240 g/mol. The fourth-order valence-corrected chi connectivity index (χ4v) is 3.44. The minimum atomic E-state index is -0.418. The molecular formula is C16H28O3. The first-order chi connectivity index (χ1) is 8.81. The molecule has 0 heterocycles. The standard InChI is InChI=1S/C16H28O3/c1-15(2,3)14(17)19-13-8-6-12(7-9-13)16(18)10-4-5-11-16/h12-13,18H,4-11H2,1-3H3. The van der Waals surface area contributed by atoms with Gasteiger partial charge >= 0.3 is 5.97 Å². The van der Waals surface area contributed by atoms with E-state index in [1.54, 1.807) is 0 Å². The van der Waals surface area contributed by atoms with E-state index in [0.717, 1.165) is 51.4 Å². The van der Waals surface area contributed by atoms with E-state index in [0.29, 0.717) is 5.92 Å². The quantitative estimate of drug-likeness (QED) is 0.780. The van der Waals surface area contributed by atoms with Crippen LogP contribution in [0, 0.1) is 11.3 Å². The fourth-order valence-electron chi connectivity index (χ4n) is 3.44. The Labute approximate surface area is 116 Å². The molecule has 0 unspecified atom stereocenters. The van der Waals surface area contributed by atoms with Crippen molar-refractivity contribution in [2.24, 2.45) is 11.3 Å². The van der Waals surface area contributed by atoms with Crippen LogP contribution in [0.4, 0.5) is 0 Å². The Morgan fingerprint density at radius 3 is 2.11 bits per heavy atom. The first-order valence-corrected chi connectivity index (χ1v) is 7.75. The highest BCUT2D eigenvalue weighted by Crippen LogP contribution is 2.43. The molecule has 2 aliphatic rings. The van der Waals surface area contributed by atoms with E-state index in [1.807, 2.05) is 20.8 Å². The predicted molar refractivity (Wildman–Crippen MR) is 74.7 cm³/mol. The molecule has 0 aromatic carbocycles. The third kappa shape index (κ3) is 3.50. The lowest BCUT2D eigenvalue weighted by atomic mass is 9.75. The van der Waals surface area contributed by atoms with E-state index in [2.05, 4.69) is 0 Å². The molecule has 2 saturated carbocycles. The summed E-state index contributed by atoms with van der Waals surface area (Å²) in [4.78, 5) is 11.9. The van der Waals surface area contributed by atoms with E-state index in [9.17, 15) is 9.90 Å². The van der Waals surface area contributed by atoms with Crippen LogP contribution in [-0.4, -0.2) is 22.8 Å². The van der Waals surface area contributed by atoms with Crippen molar-refractivity contribution < 1.29 is 14.6 Å². The summed E-state index contributed by atoms with van der Waals surface area (Å²) in [5, 5.41) is 10.6. The van der Waals surface area contributed by atoms with Gasteiger partial charge in [0, 0.05) is 0 Å².